The number of rotatable bonds is 5. The van der Waals surface area contributed by atoms with E-state index in [0.717, 1.165) is 23.7 Å². The smallest absolute Gasteiger partial charge is 0.0144 e. The molecule has 1 aliphatic rings. The lowest BCUT2D eigenvalue weighted by Crippen LogP contribution is -1.99. The highest BCUT2D eigenvalue weighted by molar-refractivity contribution is 5.14. The van der Waals surface area contributed by atoms with Gasteiger partial charge in [0.2, 0.25) is 0 Å². The summed E-state index contributed by atoms with van der Waals surface area (Å²) in [5, 5.41) is 0. The molecule has 0 heterocycles. The minimum Gasteiger partial charge on any atom is -0.0998 e. The average Bonchev–Trinajstić information content (AvgIpc) is 2.78. The lowest BCUT2D eigenvalue weighted by Gasteiger charge is -2.09. The van der Waals surface area contributed by atoms with Crippen LogP contribution in [-0.2, 0) is 0 Å². The summed E-state index contributed by atoms with van der Waals surface area (Å²) in [6, 6.07) is 0. The Bertz CT molecular complexity index is 180. The maximum atomic E-state index is 4.11. The molecule has 0 radical (unpaired) electrons. The van der Waals surface area contributed by atoms with Crippen LogP contribution in [0.5, 0.6) is 0 Å². The normalized spacial score (nSPS) is 34.3. The van der Waals surface area contributed by atoms with Gasteiger partial charge in [0.25, 0.3) is 0 Å². The zero-order chi connectivity index (χ0) is 10.0. The van der Waals surface area contributed by atoms with Crippen LogP contribution in [0.4, 0.5) is 0 Å². The van der Waals surface area contributed by atoms with Crippen LogP contribution in [0.15, 0.2) is 12.2 Å². The predicted octanol–water partition coefficient (Wildman–Crippen LogP) is 4.27. The Kier molecular flexibility index (Phi) is 3.58. The molecule has 1 saturated carbocycles. The molecular formula is C13H24. The van der Waals surface area contributed by atoms with Crippen molar-refractivity contribution < 1.29 is 0 Å². The van der Waals surface area contributed by atoms with E-state index in [1.807, 2.05) is 0 Å². The van der Waals surface area contributed by atoms with E-state index in [4.69, 9.17) is 0 Å². The monoisotopic (exact) mass is 180 g/mol. The van der Waals surface area contributed by atoms with Gasteiger partial charge in [-0.2, -0.15) is 0 Å². The number of hydrogen-bond donors (Lipinski definition) is 0. The van der Waals surface area contributed by atoms with Gasteiger partial charge in [-0.3, -0.25) is 0 Å². The van der Waals surface area contributed by atoms with E-state index in [-0.39, 0.29) is 0 Å². The Morgan fingerprint density at radius 2 is 2.00 bits per heavy atom. The van der Waals surface area contributed by atoms with Crippen molar-refractivity contribution in [1.82, 2.24) is 0 Å². The van der Waals surface area contributed by atoms with Gasteiger partial charge in [-0.25, -0.2) is 0 Å². The standard InChI is InChI=1S/C13H24/c1-6-8-10(5)13-11(7-2)12(13)9(3)4/h10-13H,3,6-8H2,1-2,4-5H3. The van der Waals surface area contributed by atoms with Crippen molar-refractivity contribution in [3.8, 4) is 0 Å². The van der Waals surface area contributed by atoms with Crippen LogP contribution in [0.2, 0.25) is 0 Å². The predicted molar refractivity (Wildman–Crippen MR) is 59.6 cm³/mol. The van der Waals surface area contributed by atoms with Gasteiger partial charge in [0.05, 0.1) is 0 Å². The van der Waals surface area contributed by atoms with Crippen LogP contribution in [0.3, 0.4) is 0 Å². The molecule has 0 aromatic rings. The van der Waals surface area contributed by atoms with Crippen LogP contribution < -0.4 is 0 Å². The highest BCUT2D eigenvalue weighted by Gasteiger charge is 2.50. The Morgan fingerprint density at radius 1 is 1.38 bits per heavy atom. The molecule has 1 fully saturated rings. The van der Waals surface area contributed by atoms with Gasteiger partial charge in [0.15, 0.2) is 0 Å². The molecule has 0 aromatic carbocycles. The van der Waals surface area contributed by atoms with Crippen LogP contribution in [0, 0.1) is 23.7 Å². The van der Waals surface area contributed by atoms with Crippen molar-refractivity contribution in [3.63, 3.8) is 0 Å². The molecule has 1 aliphatic carbocycles. The topological polar surface area (TPSA) is 0 Å². The molecule has 0 aliphatic heterocycles. The van der Waals surface area contributed by atoms with Gasteiger partial charge in [0.1, 0.15) is 0 Å². The second kappa shape index (κ2) is 4.30. The molecular weight excluding hydrogens is 156 g/mol. The van der Waals surface area contributed by atoms with E-state index < -0.39 is 0 Å². The zero-order valence-corrected chi connectivity index (χ0v) is 9.64. The maximum absolute atomic E-state index is 4.11. The molecule has 0 bridgehead atoms. The fourth-order valence-electron chi connectivity index (χ4n) is 3.04. The van der Waals surface area contributed by atoms with Crippen molar-refractivity contribution in [2.75, 3.05) is 0 Å². The molecule has 0 heteroatoms. The van der Waals surface area contributed by atoms with Crippen LogP contribution in [0.1, 0.15) is 47.0 Å². The van der Waals surface area contributed by atoms with Crippen molar-refractivity contribution in [2.24, 2.45) is 23.7 Å². The SMILES string of the molecule is C=C(C)C1C(CC)C1C(C)CCC. The van der Waals surface area contributed by atoms with Gasteiger partial charge in [-0.1, -0.05) is 52.2 Å². The van der Waals surface area contributed by atoms with Crippen molar-refractivity contribution >= 4 is 0 Å². The van der Waals surface area contributed by atoms with Crippen LogP contribution in [0.25, 0.3) is 0 Å². The average molecular weight is 180 g/mol. The van der Waals surface area contributed by atoms with Gasteiger partial charge >= 0.3 is 0 Å². The van der Waals surface area contributed by atoms with Gasteiger partial charge in [-0.05, 0) is 30.6 Å². The summed E-state index contributed by atoms with van der Waals surface area (Å²) in [6.45, 7) is 13.3. The van der Waals surface area contributed by atoms with E-state index in [1.54, 1.807) is 0 Å². The molecule has 1 rings (SSSR count). The summed E-state index contributed by atoms with van der Waals surface area (Å²) in [4.78, 5) is 0. The van der Waals surface area contributed by atoms with Crippen molar-refractivity contribution in [1.29, 1.82) is 0 Å². The summed E-state index contributed by atoms with van der Waals surface area (Å²) in [5.74, 6) is 3.68. The third kappa shape index (κ3) is 2.15. The van der Waals surface area contributed by atoms with E-state index in [1.165, 1.54) is 24.8 Å². The number of hydrogen-bond acceptors (Lipinski definition) is 0. The second-order valence-corrected chi connectivity index (χ2v) is 4.79. The molecule has 0 amide bonds. The fraction of sp³-hybridized carbons (Fsp3) is 0.846. The third-order valence-electron chi connectivity index (χ3n) is 3.67. The molecule has 4 atom stereocenters. The summed E-state index contributed by atoms with van der Waals surface area (Å²) in [7, 11) is 0. The summed E-state index contributed by atoms with van der Waals surface area (Å²) in [6.07, 6.45) is 4.07. The van der Waals surface area contributed by atoms with E-state index in [9.17, 15) is 0 Å². The Hall–Kier alpha value is -0.260. The van der Waals surface area contributed by atoms with Gasteiger partial charge in [0, 0.05) is 0 Å². The lowest BCUT2D eigenvalue weighted by atomic mass is 9.97. The zero-order valence-electron chi connectivity index (χ0n) is 9.64. The van der Waals surface area contributed by atoms with E-state index in [0.29, 0.717) is 0 Å². The minimum atomic E-state index is 0.853. The van der Waals surface area contributed by atoms with E-state index >= 15 is 0 Å². The van der Waals surface area contributed by atoms with Crippen LogP contribution in [-0.4, -0.2) is 0 Å². The molecule has 13 heavy (non-hydrogen) atoms. The first-order valence-corrected chi connectivity index (χ1v) is 5.78. The van der Waals surface area contributed by atoms with Crippen molar-refractivity contribution in [3.05, 3.63) is 12.2 Å². The minimum absolute atomic E-state index is 0.853. The molecule has 4 unspecified atom stereocenters. The fourth-order valence-corrected chi connectivity index (χ4v) is 3.04. The molecule has 76 valence electrons. The van der Waals surface area contributed by atoms with Crippen molar-refractivity contribution in [2.45, 2.75) is 47.0 Å². The second-order valence-electron chi connectivity index (χ2n) is 4.79. The molecule has 0 saturated heterocycles. The van der Waals surface area contributed by atoms with E-state index in [2.05, 4.69) is 34.3 Å². The molecule has 0 spiro atoms. The third-order valence-corrected chi connectivity index (χ3v) is 3.67. The molecule has 0 N–H and O–H groups in total. The number of allylic oxidation sites excluding steroid dienone is 1. The summed E-state index contributed by atoms with van der Waals surface area (Å²) < 4.78 is 0. The highest BCUT2D eigenvalue weighted by atomic mass is 14.5. The summed E-state index contributed by atoms with van der Waals surface area (Å²) >= 11 is 0. The van der Waals surface area contributed by atoms with Gasteiger partial charge < -0.3 is 0 Å². The Balaban J connectivity index is 2.48. The Labute approximate surface area is 83.4 Å². The lowest BCUT2D eigenvalue weighted by molar-refractivity contribution is 0.427. The first-order valence-electron chi connectivity index (χ1n) is 5.78. The first kappa shape index (κ1) is 10.8. The van der Waals surface area contributed by atoms with Gasteiger partial charge in [-0.15, -0.1) is 0 Å². The highest BCUT2D eigenvalue weighted by Crippen LogP contribution is 2.56. The Morgan fingerprint density at radius 3 is 2.31 bits per heavy atom. The summed E-state index contributed by atoms with van der Waals surface area (Å²) in [5.41, 5.74) is 1.42. The first-order chi connectivity index (χ1) is 6.13. The molecule has 0 aromatic heterocycles. The van der Waals surface area contributed by atoms with Crippen LogP contribution >= 0.6 is 0 Å². The quantitative estimate of drug-likeness (QED) is 0.554. The largest absolute Gasteiger partial charge is 0.0998 e. The molecule has 0 nitrogen and oxygen atoms in total. The maximum Gasteiger partial charge on any atom is -0.0144 e.